The molecule has 0 aromatic carbocycles. The minimum absolute atomic E-state index is 0.121. The molecule has 1 fully saturated rings. The van der Waals surface area contributed by atoms with Crippen molar-refractivity contribution in [1.82, 2.24) is 10.6 Å². The van der Waals surface area contributed by atoms with Gasteiger partial charge in [-0.05, 0) is 31.6 Å². The topological polar surface area (TPSA) is 41.1 Å². The average Bonchev–Trinajstić information content (AvgIpc) is 2.10. The molecule has 0 aromatic rings. The molecule has 0 spiro atoms. The third-order valence-electron chi connectivity index (χ3n) is 3.31. The lowest BCUT2D eigenvalue weighted by Gasteiger charge is -2.33. The van der Waals surface area contributed by atoms with Gasteiger partial charge in [-0.2, -0.15) is 0 Å². The van der Waals surface area contributed by atoms with Gasteiger partial charge >= 0.3 is 0 Å². The van der Waals surface area contributed by atoms with E-state index in [9.17, 15) is 4.79 Å². The summed E-state index contributed by atoms with van der Waals surface area (Å²) in [5.41, 5.74) is 0. The molecule has 2 N–H and O–H groups in total. The Morgan fingerprint density at radius 3 is 2.40 bits per heavy atom. The zero-order chi connectivity index (χ0) is 11.4. The Bertz CT molecular complexity index is 210. The summed E-state index contributed by atoms with van der Waals surface area (Å²) in [6, 6.07) is 0.833. The molecule has 3 heteroatoms. The Morgan fingerprint density at radius 1 is 1.33 bits per heavy atom. The van der Waals surface area contributed by atoms with Crippen LogP contribution in [0.2, 0.25) is 0 Å². The van der Waals surface area contributed by atoms with Gasteiger partial charge in [0.1, 0.15) is 0 Å². The first-order valence-electron chi connectivity index (χ1n) is 6.01. The largest absolute Gasteiger partial charge is 0.352 e. The van der Waals surface area contributed by atoms with Crippen molar-refractivity contribution in [2.75, 3.05) is 6.54 Å². The quantitative estimate of drug-likeness (QED) is 0.725. The lowest BCUT2D eigenvalue weighted by Crippen LogP contribution is -2.47. The second-order valence-corrected chi connectivity index (χ2v) is 5.25. The average molecular weight is 212 g/mol. The van der Waals surface area contributed by atoms with Crippen LogP contribution in [-0.2, 0) is 4.79 Å². The van der Waals surface area contributed by atoms with Crippen LogP contribution in [0.1, 0.15) is 40.5 Å². The van der Waals surface area contributed by atoms with E-state index in [1.165, 1.54) is 12.8 Å². The summed E-state index contributed by atoms with van der Waals surface area (Å²) in [5, 5.41) is 6.27. The lowest BCUT2D eigenvalue weighted by atomic mass is 9.82. The van der Waals surface area contributed by atoms with Crippen molar-refractivity contribution < 1.29 is 4.79 Å². The molecule has 15 heavy (non-hydrogen) atoms. The van der Waals surface area contributed by atoms with Crippen LogP contribution in [0.3, 0.4) is 0 Å². The van der Waals surface area contributed by atoms with Gasteiger partial charge in [-0.3, -0.25) is 4.79 Å². The summed E-state index contributed by atoms with van der Waals surface area (Å²) < 4.78 is 0. The molecule has 88 valence electrons. The maximum absolute atomic E-state index is 11.5. The fraction of sp³-hybridized carbons (Fsp3) is 0.917. The summed E-state index contributed by atoms with van der Waals surface area (Å²) in [7, 11) is 0. The summed E-state index contributed by atoms with van der Waals surface area (Å²) in [5.74, 6) is 1.45. The summed E-state index contributed by atoms with van der Waals surface area (Å²) >= 11 is 0. The standard InChI is InChI=1S/C12H24N2O/c1-8(2)10(4)14-12(15)7-13-11-5-9(3)6-11/h8-11,13H,5-7H2,1-4H3,(H,14,15). The Labute approximate surface area is 93.0 Å². The van der Waals surface area contributed by atoms with Gasteiger partial charge in [-0.1, -0.05) is 20.8 Å². The van der Waals surface area contributed by atoms with E-state index < -0.39 is 0 Å². The monoisotopic (exact) mass is 212 g/mol. The highest BCUT2D eigenvalue weighted by atomic mass is 16.1. The Morgan fingerprint density at radius 2 is 1.93 bits per heavy atom. The Kier molecular flexibility index (Phi) is 4.58. The molecule has 0 aliphatic heterocycles. The van der Waals surface area contributed by atoms with Crippen molar-refractivity contribution in [3.8, 4) is 0 Å². The smallest absolute Gasteiger partial charge is 0.234 e. The first kappa shape index (κ1) is 12.5. The van der Waals surface area contributed by atoms with Crippen LogP contribution < -0.4 is 10.6 Å². The van der Waals surface area contributed by atoms with Crippen LogP contribution in [0.15, 0.2) is 0 Å². The zero-order valence-corrected chi connectivity index (χ0v) is 10.3. The number of nitrogens with one attached hydrogen (secondary N) is 2. The van der Waals surface area contributed by atoms with Gasteiger partial charge < -0.3 is 10.6 Å². The molecule has 0 heterocycles. The molecule has 1 saturated carbocycles. The molecule has 1 aliphatic rings. The van der Waals surface area contributed by atoms with Gasteiger partial charge in [-0.15, -0.1) is 0 Å². The fourth-order valence-corrected chi connectivity index (χ4v) is 1.78. The predicted octanol–water partition coefficient (Wildman–Crippen LogP) is 1.54. The van der Waals surface area contributed by atoms with Crippen LogP contribution in [-0.4, -0.2) is 24.5 Å². The molecule has 3 nitrogen and oxygen atoms in total. The highest BCUT2D eigenvalue weighted by molar-refractivity contribution is 5.78. The number of hydrogen-bond acceptors (Lipinski definition) is 2. The molecule has 1 unspecified atom stereocenters. The van der Waals surface area contributed by atoms with Crippen LogP contribution in [0, 0.1) is 11.8 Å². The molecular weight excluding hydrogens is 188 g/mol. The lowest BCUT2D eigenvalue weighted by molar-refractivity contribution is -0.121. The summed E-state index contributed by atoms with van der Waals surface area (Å²) in [6.07, 6.45) is 2.43. The first-order valence-corrected chi connectivity index (χ1v) is 6.01. The van der Waals surface area contributed by atoms with Crippen molar-refractivity contribution in [1.29, 1.82) is 0 Å². The molecule has 1 amide bonds. The van der Waals surface area contributed by atoms with Gasteiger partial charge in [-0.25, -0.2) is 0 Å². The van der Waals surface area contributed by atoms with Gasteiger partial charge in [0.15, 0.2) is 0 Å². The zero-order valence-electron chi connectivity index (χ0n) is 10.3. The number of rotatable bonds is 5. The number of amides is 1. The number of carbonyl (C=O) groups is 1. The van der Waals surface area contributed by atoms with E-state index in [4.69, 9.17) is 0 Å². The molecule has 0 bridgehead atoms. The molecule has 0 radical (unpaired) electrons. The van der Waals surface area contributed by atoms with E-state index in [2.05, 4.69) is 31.4 Å². The van der Waals surface area contributed by atoms with Crippen molar-refractivity contribution in [2.45, 2.75) is 52.6 Å². The molecule has 1 atom stereocenters. The molecule has 0 aromatic heterocycles. The minimum Gasteiger partial charge on any atom is -0.352 e. The number of carbonyl (C=O) groups excluding carboxylic acids is 1. The van der Waals surface area contributed by atoms with Gasteiger partial charge in [0, 0.05) is 12.1 Å². The van der Waals surface area contributed by atoms with Crippen LogP contribution in [0.25, 0.3) is 0 Å². The second kappa shape index (κ2) is 5.50. The van der Waals surface area contributed by atoms with E-state index in [0.29, 0.717) is 18.5 Å². The third-order valence-corrected chi connectivity index (χ3v) is 3.31. The normalized spacial score (nSPS) is 27.3. The summed E-state index contributed by atoms with van der Waals surface area (Å²) in [4.78, 5) is 11.5. The van der Waals surface area contributed by atoms with Crippen LogP contribution >= 0.6 is 0 Å². The highest BCUT2D eigenvalue weighted by Crippen LogP contribution is 2.25. The number of hydrogen-bond donors (Lipinski definition) is 2. The van der Waals surface area contributed by atoms with Crippen molar-refractivity contribution in [3.63, 3.8) is 0 Å². The third kappa shape index (κ3) is 4.20. The molecule has 0 saturated heterocycles. The van der Waals surface area contributed by atoms with Crippen LogP contribution in [0.4, 0.5) is 0 Å². The van der Waals surface area contributed by atoms with E-state index in [1.807, 2.05) is 6.92 Å². The van der Waals surface area contributed by atoms with Crippen LogP contribution in [0.5, 0.6) is 0 Å². The van der Waals surface area contributed by atoms with E-state index in [0.717, 1.165) is 5.92 Å². The summed E-state index contributed by atoms with van der Waals surface area (Å²) in [6.45, 7) is 9.00. The van der Waals surface area contributed by atoms with E-state index >= 15 is 0 Å². The van der Waals surface area contributed by atoms with E-state index in [-0.39, 0.29) is 11.9 Å². The van der Waals surface area contributed by atoms with Crippen molar-refractivity contribution >= 4 is 5.91 Å². The van der Waals surface area contributed by atoms with Crippen molar-refractivity contribution in [3.05, 3.63) is 0 Å². The Hall–Kier alpha value is -0.570. The minimum atomic E-state index is 0.121. The highest BCUT2D eigenvalue weighted by Gasteiger charge is 2.25. The predicted molar refractivity (Wildman–Crippen MR) is 62.6 cm³/mol. The van der Waals surface area contributed by atoms with Gasteiger partial charge in [0.05, 0.1) is 6.54 Å². The fourth-order valence-electron chi connectivity index (χ4n) is 1.78. The van der Waals surface area contributed by atoms with E-state index in [1.54, 1.807) is 0 Å². The maximum Gasteiger partial charge on any atom is 0.234 e. The maximum atomic E-state index is 11.5. The Balaban J connectivity index is 2.08. The van der Waals surface area contributed by atoms with Gasteiger partial charge in [0.25, 0.3) is 0 Å². The molecule has 1 rings (SSSR count). The van der Waals surface area contributed by atoms with Gasteiger partial charge in [0.2, 0.25) is 5.91 Å². The molecular formula is C12H24N2O. The van der Waals surface area contributed by atoms with Crippen molar-refractivity contribution in [2.24, 2.45) is 11.8 Å². The second-order valence-electron chi connectivity index (χ2n) is 5.25. The molecule has 1 aliphatic carbocycles. The first-order chi connectivity index (χ1) is 6.99. The SMILES string of the molecule is CC1CC(NCC(=O)NC(C)C(C)C)C1.